The molecule has 118 valence electrons. The Morgan fingerprint density at radius 3 is 2.71 bits per heavy atom. The van der Waals surface area contributed by atoms with Crippen LogP contribution in [0.15, 0.2) is 24.3 Å². The van der Waals surface area contributed by atoms with Crippen LogP contribution in [0.25, 0.3) is 0 Å². The summed E-state index contributed by atoms with van der Waals surface area (Å²) in [5, 5.41) is 2.49. The fourth-order valence-electron chi connectivity index (χ4n) is 1.77. The average Bonchev–Trinajstić information content (AvgIpc) is 2.38. The first-order valence-corrected chi connectivity index (χ1v) is 5.77. The van der Waals surface area contributed by atoms with Crippen molar-refractivity contribution in [1.29, 1.82) is 0 Å². The van der Waals surface area contributed by atoms with Crippen molar-refractivity contribution in [2.24, 2.45) is 0 Å². The van der Waals surface area contributed by atoms with Crippen molar-refractivity contribution in [2.45, 2.75) is 25.0 Å². The van der Waals surface area contributed by atoms with E-state index in [1.165, 1.54) is 12.1 Å². The van der Waals surface area contributed by atoms with E-state index in [0.717, 1.165) is 6.07 Å². The molecule has 0 radical (unpaired) electrons. The minimum absolute atomic E-state index is 0. The Labute approximate surface area is 123 Å². The van der Waals surface area contributed by atoms with Gasteiger partial charge in [0.05, 0.1) is 12.6 Å². The van der Waals surface area contributed by atoms with Gasteiger partial charge in [-0.1, -0.05) is 12.1 Å². The van der Waals surface area contributed by atoms with Crippen LogP contribution in [0, 0.1) is 0 Å². The van der Waals surface area contributed by atoms with Crippen molar-refractivity contribution >= 4 is 18.5 Å². The van der Waals surface area contributed by atoms with Gasteiger partial charge < -0.3 is 14.8 Å². The topological polar surface area (TPSA) is 47.6 Å². The van der Waals surface area contributed by atoms with Crippen LogP contribution >= 0.6 is 12.4 Å². The van der Waals surface area contributed by atoms with Gasteiger partial charge in [-0.3, -0.25) is 0 Å². The maximum Gasteiger partial charge on any atom is 0.461 e. The van der Waals surface area contributed by atoms with E-state index < -0.39 is 30.4 Å². The normalized spacial score (nSPS) is 18.5. The van der Waals surface area contributed by atoms with E-state index in [0.29, 0.717) is 12.0 Å². The predicted molar refractivity (Wildman–Crippen MR) is 67.1 cm³/mol. The number of halogens is 5. The molecule has 21 heavy (non-hydrogen) atoms. The third-order valence-corrected chi connectivity index (χ3v) is 2.70. The number of nitrogens with one attached hydrogen (secondary N) is 1. The van der Waals surface area contributed by atoms with Gasteiger partial charge in [-0.25, -0.2) is 4.79 Å². The van der Waals surface area contributed by atoms with Gasteiger partial charge in [0.15, 0.2) is 0 Å². The Balaban J connectivity index is 0.00000220. The lowest BCUT2D eigenvalue weighted by Crippen LogP contribution is -2.35. The molecule has 0 unspecified atom stereocenters. The maximum atomic E-state index is 12.8. The van der Waals surface area contributed by atoms with E-state index in [9.17, 15) is 22.4 Å². The first kappa shape index (κ1) is 17.4. The lowest BCUT2D eigenvalue weighted by atomic mass is 10.0. The van der Waals surface area contributed by atoms with Gasteiger partial charge >= 0.3 is 18.6 Å². The number of alkyl carbamates (subject to hydrolysis) is 1. The zero-order valence-electron chi connectivity index (χ0n) is 10.5. The molecule has 2 rings (SSSR count). The number of rotatable bonds is 4. The zero-order valence-corrected chi connectivity index (χ0v) is 11.3. The van der Waals surface area contributed by atoms with Crippen molar-refractivity contribution in [3.05, 3.63) is 29.8 Å². The second-order valence-corrected chi connectivity index (χ2v) is 4.16. The van der Waals surface area contributed by atoms with Crippen LogP contribution in [0.4, 0.5) is 22.4 Å². The minimum Gasteiger partial charge on any atom is -0.449 e. The van der Waals surface area contributed by atoms with Crippen molar-refractivity contribution in [3.8, 4) is 5.75 Å². The Kier molecular flexibility index (Phi) is 5.65. The van der Waals surface area contributed by atoms with Gasteiger partial charge in [0, 0.05) is 6.42 Å². The number of ether oxygens (including phenoxy) is 2. The molecule has 1 aliphatic heterocycles. The molecule has 1 fully saturated rings. The van der Waals surface area contributed by atoms with Crippen LogP contribution in [-0.4, -0.2) is 25.2 Å². The fraction of sp³-hybridized carbons (Fsp3) is 0.417. The molecule has 9 heteroatoms. The molecular weight excluding hydrogens is 318 g/mol. The predicted octanol–water partition coefficient (Wildman–Crippen LogP) is 3.52. The van der Waals surface area contributed by atoms with E-state index in [4.69, 9.17) is 0 Å². The van der Waals surface area contributed by atoms with Crippen LogP contribution in [-0.2, 0) is 4.74 Å². The SMILES string of the molecule is Cl.O=C1N[C@H](c2cccc(OC(F)(F)C(F)F)c2)CCO1. The van der Waals surface area contributed by atoms with Gasteiger partial charge in [-0.15, -0.1) is 12.4 Å². The Hall–Kier alpha value is -1.70. The van der Waals surface area contributed by atoms with E-state index >= 15 is 0 Å². The lowest BCUT2D eigenvalue weighted by Gasteiger charge is -2.24. The zero-order chi connectivity index (χ0) is 14.8. The largest absolute Gasteiger partial charge is 0.461 e. The number of amides is 1. The molecule has 1 atom stereocenters. The van der Waals surface area contributed by atoms with Crippen LogP contribution in [0.5, 0.6) is 5.75 Å². The van der Waals surface area contributed by atoms with Crippen LogP contribution in [0.2, 0.25) is 0 Å². The maximum absolute atomic E-state index is 12.8. The minimum atomic E-state index is -4.56. The molecule has 0 spiro atoms. The average molecular weight is 330 g/mol. The molecule has 1 N–H and O–H groups in total. The smallest absolute Gasteiger partial charge is 0.449 e. The van der Waals surface area contributed by atoms with E-state index in [-0.39, 0.29) is 19.0 Å². The lowest BCUT2D eigenvalue weighted by molar-refractivity contribution is -0.253. The standard InChI is InChI=1S/C12H11F4NO3.ClH/c13-10(14)12(15,16)20-8-3-1-2-7(6-8)9-4-5-19-11(18)17-9;/h1-3,6,9-10H,4-5H2,(H,17,18);1H/t9-;/m0./s1. The summed E-state index contributed by atoms with van der Waals surface area (Å²) < 4.78 is 58.4. The van der Waals surface area contributed by atoms with Gasteiger partial charge in [0.2, 0.25) is 0 Å². The summed E-state index contributed by atoms with van der Waals surface area (Å²) in [6.45, 7) is 0.189. The van der Waals surface area contributed by atoms with Crippen molar-refractivity contribution in [3.63, 3.8) is 0 Å². The number of alkyl halides is 4. The van der Waals surface area contributed by atoms with Crippen molar-refractivity contribution < 1.29 is 31.8 Å². The molecule has 0 aliphatic carbocycles. The Bertz CT molecular complexity index is 501. The fourth-order valence-corrected chi connectivity index (χ4v) is 1.77. The number of carbonyl (C=O) groups excluding carboxylic acids is 1. The third kappa shape index (κ3) is 4.38. The Morgan fingerprint density at radius 2 is 2.10 bits per heavy atom. The van der Waals surface area contributed by atoms with Crippen molar-refractivity contribution in [2.75, 3.05) is 6.61 Å². The van der Waals surface area contributed by atoms with Gasteiger partial charge in [0.25, 0.3) is 0 Å². The van der Waals surface area contributed by atoms with Gasteiger partial charge in [-0.2, -0.15) is 17.6 Å². The third-order valence-electron chi connectivity index (χ3n) is 2.70. The Morgan fingerprint density at radius 1 is 1.38 bits per heavy atom. The van der Waals surface area contributed by atoms with E-state index in [1.807, 2.05) is 0 Å². The molecule has 0 bridgehead atoms. The molecule has 1 heterocycles. The highest BCUT2D eigenvalue weighted by molar-refractivity contribution is 5.85. The summed E-state index contributed by atoms with van der Waals surface area (Å²) in [5.74, 6) is -0.395. The summed E-state index contributed by atoms with van der Waals surface area (Å²) in [4.78, 5) is 11.1. The second-order valence-electron chi connectivity index (χ2n) is 4.16. The number of benzene rings is 1. The molecule has 4 nitrogen and oxygen atoms in total. The highest BCUT2D eigenvalue weighted by Crippen LogP contribution is 2.30. The molecule has 1 aliphatic rings. The first-order chi connectivity index (χ1) is 9.38. The van der Waals surface area contributed by atoms with E-state index in [1.54, 1.807) is 6.07 Å². The van der Waals surface area contributed by atoms with Crippen LogP contribution in [0.1, 0.15) is 18.0 Å². The molecule has 1 aromatic carbocycles. The summed E-state index contributed by atoms with van der Waals surface area (Å²) >= 11 is 0. The number of hydrogen-bond acceptors (Lipinski definition) is 3. The van der Waals surface area contributed by atoms with E-state index in [2.05, 4.69) is 14.8 Å². The molecule has 0 aromatic heterocycles. The number of hydrogen-bond donors (Lipinski definition) is 1. The molecule has 1 aromatic rings. The van der Waals surface area contributed by atoms with Gasteiger partial charge in [-0.05, 0) is 17.7 Å². The molecule has 1 saturated heterocycles. The number of cyclic esters (lactones) is 1. The summed E-state index contributed by atoms with van der Waals surface area (Å²) in [6, 6.07) is 4.85. The summed E-state index contributed by atoms with van der Waals surface area (Å²) in [6.07, 6.45) is -8.66. The van der Waals surface area contributed by atoms with Crippen molar-refractivity contribution in [1.82, 2.24) is 5.32 Å². The highest BCUT2D eigenvalue weighted by atomic mass is 35.5. The van der Waals surface area contributed by atoms with Gasteiger partial charge in [0.1, 0.15) is 5.75 Å². The molecule has 1 amide bonds. The molecule has 0 saturated carbocycles. The monoisotopic (exact) mass is 329 g/mol. The second kappa shape index (κ2) is 6.84. The highest BCUT2D eigenvalue weighted by Gasteiger charge is 2.44. The first-order valence-electron chi connectivity index (χ1n) is 5.77. The molecular formula is C12H12ClF4NO3. The summed E-state index contributed by atoms with van der Waals surface area (Å²) in [5.41, 5.74) is 0.476. The number of carbonyl (C=O) groups is 1. The van der Waals surface area contributed by atoms with Crippen LogP contribution in [0.3, 0.4) is 0 Å². The van der Waals surface area contributed by atoms with Crippen LogP contribution < -0.4 is 10.1 Å². The quantitative estimate of drug-likeness (QED) is 0.860. The summed E-state index contributed by atoms with van der Waals surface area (Å²) in [7, 11) is 0.